The van der Waals surface area contributed by atoms with Crippen LogP contribution in [0.25, 0.3) is 0 Å². The third-order valence-corrected chi connectivity index (χ3v) is 2.85. The van der Waals surface area contributed by atoms with Crippen molar-refractivity contribution in [3.05, 3.63) is 29.8 Å². The van der Waals surface area contributed by atoms with E-state index in [9.17, 15) is 19.2 Å². The normalized spacial score (nSPS) is 9.74. The zero-order valence-corrected chi connectivity index (χ0v) is 12.5. The summed E-state index contributed by atoms with van der Waals surface area (Å²) in [6.45, 7) is 0.107. The summed E-state index contributed by atoms with van der Waals surface area (Å²) in [7, 11) is 0. The van der Waals surface area contributed by atoms with Crippen LogP contribution in [0, 0.1) is 0 Å². The average molecular weight is 321 g/mol. The van der Waals surface area contributed by atoms with Gasteiger partial charge in [-0.1, -0.05) is 12.1 Å². The van der Waals surface area contributed by atoms with Crippen LogP contribution in [0.15, 0.2) is 24.3 Å². The maximum atomic E-state index is 11.5. The van der Waals surface area contributed by atoms with Gasteiger partial charge in [-0.3, -0.25) is 19.2 Å². The first-order chi connectivity index (χ1) is 11.0. The van der Waals surface area contributed by atoms with Crippen molar-refractivity contribution in [1.82, 2.24) is 5.32 Å². The fraction of sp³-hybridized carbons (Fsp3) is 0.333. The van der Waals surface area contributed by atoms with E-state index in [4.69, 9.17) is 5.73 Å². The molecule has 0 unspecified atom stereocenters. The predicted octanol–water partition coefficient (Wildman–Crippen LogP) is -0.278. The number of carbonyl (C=O) groups is 4. The summed E-state index contributed by atoms with van der Waals surface area (Å²) in [5, 5.41) is 5.16. The van der Waals surface area contributed by atoms with E-state index in [1.54, 1.807) is 24.3 Å². The minimum atomic E-state index is -0.457. The van der Waals surface area contributed by atoms with Crippen LogP contribution in [-0.2, 0) is 30.3 Å². The van der Waals surface area contributed by atoms with Gasteiger partial charge in [-0.05, 0) is 24.1 Å². The van der Waals surface area contributed by atoms with Crippen molar-refractivity contribution in [2.45, 2.75) is 19.3 Å². The van der Waals surface area contributed by atoms with Crippen molar-refractivity contribution in [3.8, 4) is 0 Å². The van der Waals surface area contributed by atoms with Gasteiger partial charge in [-0.2, -0.15) is 0 Å². The van der Waals surface area contributed by atoms with Gasteiger partial charge in [-0.15, -0.1) is 0 Å². The molecule has 8 heteroatoms. The zero-order valence-electron chi connectivity index (χ0n) is 12.5. The smallest absolute Gasteiger partial charge is 0.293 e. The van der Waals surface area contributed by atoms with E-state index >= 15 is 0 Å². The Morgan fingerprint density at radius 1 is 1.09 bits per heavy atom. The van der Waals surface area contributed by atoms with Crippen molar-refractivity contribution in [3.63, 3.8) is 0 Å². The van der Waals surface area contributed by atoms with E-state index in [0.29, 0.717) is 12.1 Å². The van der Waals surface area contributed by atoms with Crippen LogP contribution < -0.4 is 16.4 Å². The number of anilines is 1. The monoisotopic (exact) mass is 321 g/mol. The highest BCUT2D eigenvalue weighted by Crippen LogP contribution is 2.11. The second-order valence-electron chi connectivity index (χ2n) is 4.72. The molecule has 0 aliphatic heterocycles. The maximum absolute atomic E-state index is 11.5. The number of hydrogen-bond acceptors (Lipinski definition) is 5. The molecule has 1 rings (SSSR count). The molecule has 3 amide bonds. The molecule has 0 spiro atoms. The highest BCUT2D eigenvalue weighted by molar-refractivity contribution is 5.92. The topological polar surface area (TPSA) is 128 Å². The van der Waals surface area contributed by atoms with E-state index in [1.165, 1.54) is 0 Å². The fourth-order valence-electron chi connectivity index (χ4n) is 1.73. The number of aryl methyl sites for hydroxylation is 1. The molecular formula is C15H19N3O5. The van der Waals surface area contributed by atoms with Crippen LogP contribution in [0.5, 0.6) is 0 Å². The molecule has 0 aliphatic carbocycles. The van der Waals surface area contributed by atoms with Crippen molar-refractivity contribution < 1.29 is 23.9 Å². The van der Waals surface area contributed by atoms with E-state index in [1.807, 2.05) is 0 Å². The van der Waals surface area contributed by atoms with E-state index in [2.05, 4.69) is 15.4 Å². The van der Waals surface area contributed by atoms with Gasteiger partial charge in [-0.25, -0.2) is 0 Å². The average Bonchev–Trinajstić information content (AvgIpc) is 2.52. The lowest BCUT2D eigenvalue weighted by atomic mass is 10.1. The summed E-state index contributed by atoms with van der Waals surface area (Å²) < 4.78 is 4.34. The molecule has 0 aliphatic rings. The van der Waals surface area contributed by atoms with Gasteiger partial charge >= 0.3 is 0 Å². The Balaban J connectivity index is 2.33. The predicted molar refractivity (Wildman–Crippen MR) is 82.2 cm³/mol. The maximum Gasteiger partial charge on any atom is 0.293 e. The molecular weight excluding hydrogens is 302 g/mol. The number of ether oxygens (including phenoxy) is 1. The minimum absolute atomic E-state index is 0.119. The Kier molecular flexibility index (Phi) is 7.84. The summed E-state index contributed by atoms with van der Waals surface area (Å²) in [4.78, 5) is 43.4. The summed E-state index contributed by atoms with van der Waals surface area (Å²) in [6.07, 6.45) is 0.941. The van der Waals surface area contributed by atoms with Gasteiger partial charge < -0.3 is 21.1 Å². The number of hydrogen-bond donors (Lipinski definition) is 3. The number of carbonyl (C=O) groups excluding carboxylic acids is 4. The standard InChI is InChI=1S/C15H19N3O5/c16-13(20)7-8-17-14(21)6-3-11-1-4-12(5-2-11)18-15(22)9-23-10-19/h1-2,4-5,10H,3,6-9H2,(H2,16,20)(H,17,21)(H,18,22). The van der Waals surface area contributed by atoms with Gasteiger partial charge in [0.1, 0.15) is 0 Å². The van der Waals surface area contributed by atoms with E-state index < -0.39 is 11.8 Å². The van der Waals surface area contributed by atoms with Crippen LogP contribution in [-0.4, -0.2) is 37.3 Å². The van der Waals surface area contributed by atoms with Crippen LogP contribution in [0.4, 0.5) is 5.69 Å². The van der Waals surface area contributed by atoms with Crippen LogP contribution in [0.1, 0.15) is 18.4 Å². The van der Waals surface area contributed by atoms with Crippen molar-refractivity contribution in [2.75, 3.05) is 18.5 Å². The third-order valence-electron chi connectivity index (χ3n) is 2.85. The summed E-state index contributed by atoms with van der Waals surface area (Å²) in [5.41, 5.74) is 6.47. The summed E-state index contributed by atoms with van der Waals surface area (Å²) in [6, 6.07) is 6.96. The Bertz CT molecular complexity index is 557. The second kappa shape index (κ2) is 9.93. The van der Waals surface area contributed by atoms with Gasteiger partial charge in [0.25, 0.3) is 12.4 Å². The molecule has 1 aromatic rings. The first-order valence-electron chi connectivity index (χ1n) is 7.00. The first-order valence-corrected chi connectivity index (χ1v) is 7.00. The molecule has 0 radical (unpaired) electrons. The molecule has 0 saturated heterocycles. The molecule has 23 heavy (non-hydrogen) atoms. The highest BCUT2D eigenvalue weighted by atomic mass is 16.5. The van der Waals surface area contributed by atoms with Gasteiger partial charge in [0.2, 0.25) is 11.8 Å². The quantitative estimate of drug-likeness (QED) is 0.511. The number of rotatable bonds is 10. The van der Waals surface area contributed by atoms with Gasteiger partial charge in [0, 0.05) is 25.1 Å². The lowest BCUT2D eigenvalue weighted by Crippen LogP contribution is -2.27. The SMILES string of the molecule is NC(=O)CCNC(=O)CCc1ccc(NC(=O)COC=O)cc1. The Labute approximate surface area is 133 Å². The molecule has 0 aromatic heterocycles. The van der Waals surface area contributed by atoms with Crippen molar-refractivity contribution in [1.29, 1.82) is 0 Å². The Morgan fingerprint density at radius 3 is 2.39 bits per heavy atom. The Hall–Kier alpha value is -2.90. The van der Waals surface area contributed by atoms with Crippen LogP contribution in [0.3, 0.4) is 0 Å². The van der Waals surface area contributed by atoms with Gasteiger partial charge in [0.15, 0.2) is 6.61 Å². The van der Waals surface area contributed by atoms with Crippen molar-refractivity contribution >= 4 is 29.9 Å². The molecule has 124 valence electrons. The zero-order chi connectivity index (χ0) is 17.1. The number of primary amides is 1. The molecule has 1 aromatic carbocycles. The fourth-order valence-corrected chi connectivity index (χ4v) is 1.73. The van der Waals surface area contributed by atoms with E-state index in [0.717, 1.165) is 5.56 Å². The first kappa shape index (κ1) is 18.1. The molecule has 0 saturated carbocycles. The molecule has 0 fully saturated rings. The third kappa shape index (κ3) is 8.20. The van der Waals surface area contributed by atoms with Gasteiger partial charge in [0.05, 0.1) is 0 Å². The lowest BCUT2D eigenvalue weighted by Gasteiger charge is -2.07. The lowest BCUT2D eigenvalue weighted by molar-refractivity contribution is -0.135. The number of amides is 3. The molecule has 8 nitrogen and oxygen atoms in total. The number of nitrogens with two attached hydrogens (primary N) is 1. The van der Waals surface area contributed by atoms with E-state index in [-0.39, 0.29) is 38.4 Å². The largest absolute Gasteiger partial charge is 0.458 e. The molecule has 0 heterocycles. The summed E-state index contributed by atoms with van der Waals surface area (Å²) >= 11 is 0. The molecule has 0 atom stereocenters. The van der Waals surface area contributed by atoms with Crippen molar-refractivity contribution in [2.24, 2.45) is 5.73 Å². The second-order valence-corrected chi connectivity index (χ2v) is 4.72. The molecule has 0 bridgehead atoms. The van der Waals surface area contributed by atoms with Crippen LogP contribution in [0.2, 0.25) is 0 Å². The minimum Gasteiger partial charge on any atom is -0.458 e. The number of nitrogens with one attached hydrogen (secondary N) is 2. The number of benzene rings is 1. The molecule has 4 N–H and O–H groups in total. The van der Waals surface area contributed by atoms with Crippen LogP contribution >= 0.6 is 0 Å². The summed E-state index contributed by atoms with van der Waals surface area (Å²) in [5.74, 6) is -1.05. The highest BCUT2D eigenvalue weighted by Gasteiger charge is 2.05. The Morgan fingerprint density at radius 2 is 1.78 bits per heavy atom.